The van der Waals surface area contributed by atoms with E-state index in [1.807, 2.05) is 35.7 Å². The van der Waals surface area contributed by atoms with E-state index in [9.17, 15) is 15.0 Å². The zero-order valence-corrected chi connectivity index (χ0v) is 13.2. The Hall–Kier alpha value is -3.12. The minimum absolute atomic E-state index is 0.0671. The average molecular weight is 339 g/mol. The Labute approximate surface area is 141 Å². The summed E-state index contributed by atoms with van der Waals surface area (Å²) in [6, 6.07) is 12.9. The zero-order valence-electron chi connectivity index (χ0n) is 12.4. The van der Waals surface area contributed by atoms with Crippen molar-refractivity contribution in [3.63, 3.8) is 0 Å². The first-order valence-corrected chi connectivity index (χ1v) is 7.97. The van der Waals surface area contributed by atoms with Crippen LogP contribution in [0.4, 0.5) is 0 Å². The first-order valence-electron chi connectivity index (χ1n) is 7.02. The van der Waals surface area contributed by atoms with Gasteiger partial charge in [-0.3, -0.25) is 9.78 Å². The van der Waals surface area contributed by atoms with Crippen molar-refractivity contribution in [2.45, 2.75) is 0 Å². The molecule has 0 aliphatic heterocycles. The van der Waals surface area contributed by atoms with Gasteiger partial charge in [0.15, 0.2) is 5.43 Å². The van der Waals surface area contributed by atoms with E-state index in [1.54, 1.807) is 23.0 Å². The molecule has 6 heteroatoms. The second-order valence-electron chi connectivity index (χ2n) is 4.85. The Balaban J connectivity index is 0.000000290. The summed E-state index contributed by atoms with van der Waals surface area (Å²) in [5.74, 6) is -0.0511. The summed E-state index contributed by atoms with van der Waals surface area (Å²) in [4.78, 5) is 15.7. The maximum atomic E-state index is 12.0. The summed E-state index contributed by atoms with van der Waals surface area (Å²) < 4.78 is 5.57. The highest BCUT2D eigenvalue weighted by molar-refractivity contribution is 7.07. The lowest BCUT2D eigenvalue weighted by molar-refractivity contribution is 0.452. The number of rotatable bonds is 1. The molecule has 2 aromatic carbocycles. The fraction of sp³-hybridized carbons (Fsp3) is 0. The summed E-state index contributed by atoms with van der Waals surface area (Å²) in [6.45, 7) is 0. The van der Waals surface area contributed by atoms with E-state index in [4.69, 9.17) is 4.42 Å². The monoisotopic (exact) mass is 339 g/mol. The molecule has 0 aliphatic rings. The molecular weight excluding hydrogens is 326 g/mol. The van der Waals surface area contributed by atoms with Crippen LogP contribution in [0.3, 0.4) is 0 Å². The molecule has 0 amide bonds. The van der Waals surface area contributed by atoms with Gasteiger partial charge in [0.05, 0.1) is 5.51 Å². The van der Waals surface area contributed by atoms with Crippen LogP contribution >= 0.6 is 11.3 Å². The van der Waals surface area contributed by atoms with E-state index >= 15 is 0 Å². The van der Waals surface area contributed by atoms with E-state index in [-0.39, 0.29) is 27.9 Å². The van der Waals surface area contributed by atoms with E-state index in [0.29, 0.717) is 5.76 Å². The van der Waals surface area contributed by atoms with Crippen molar-refractivity contribution in [1.29, 1.82) is 0 Å². The van der Waals surface area contributed by atoms with Crippen molar-refractivity contribution < 1.29 is 14.6 Å². The third-order valence-electron chi connectivity index (χ3n) is 3.20. The summed E-state index contributed by atoms with van der Waals surface area (Å²) in [6.07, 6.45) is 1.77. The number of nitrogens with zero attached hydrogens (tertiary/aromatic N) is 1. The van der Waals surface area contributed by atoms with Crippen molar-refractivity contribution >= 4 is 22.3 Å². The molecule has 0 bridgehead atoms. The van der Waals surface area contributed by atoms with Crippen LogP contribution in [-0.2, 0) is 0 Å². The van der Waals surface area contributed by atoms with E-state index in [0.717, 1.165) is 11.6 Å². The highest BCUT2D eigenvalue weighted by Gasteiger charge is 2.11. The lowest BCUT2D eigenvalue weighted by Crippen LogP contribution is -2.00. The molecule has 0 radical (unpaired) electrons. The highest BCUT2D eigenvalue weighted by atomic mass is 32.1. The van der Waals surface area contributed by atoms with E-state index in [1.165, 1.54) is 12.1 Å². The maximum Gasteiger partial charge on any atom is 0.197 e. The molecule has 2 aromatic heterocycles. The molecule has 4 aromatic rings. The van der Waals surface area contributed by atoms with Crippen molar-refractivity contribution in [1.82, 2.24) is 4.98 Å². The molecule has 0 aliphatic carbocycles. The molecule has 0 fully saturated rings. The van der Waals surface area contributed by atoms with E-state index in [2.05, 4.69) is 4.98 Å². The molecule has 2 N–H and O–H groups in total. The van der Waals surface area contributed by atoms with Crippen molar-refractivity contribution in [3.05, 3.63) is 75.8 Å². The molecule has 0 atom stereocenters. The number of phenolic OH excluding ortho intramolecular Hbond substituents is 2. The molecule has 2 heterocycles. The summed E-state index contributed by atoms with van der Waals surface area (Å²) >= 11 is 1.60. The number of thiazole rings is 1. The minimum Gasteiger partial charge on any atom is -0.508 e. The van der Waals surface area contributed by atoms with Gasteiger partial charge in [-0.15, -0.1) is 11.3 Å². The highest BCUT2D eigenvalue weighted by Crippen LogP contribution is 2.30. The number of fused-ring (bicyclic) bond motifs is 1. The first-order chi connectivity index (χ1) is 11.6. The third-order valence-corrected chi connectivity index (χ3v) is 3.72. The van der Waals surface area contributed by atoms with Crippen LogP contribution in [0.1, 0.15) is 0 Å². The van der Waals surface area contributed by atoms with Crippen LogP contribution in [0.25, 0.3) is 22.3 Å². The lowest BCUT2D eigenvalue weighted by atomic mass is 10.1. The van der Waals surface area contributed by atoms with Crippen LogP contribution in [0.2, 0.25) is 0 Å². The van der Waals surface area contributed by atoms with Gasteiger partial charge >= 0.3 is 0 Å². The summed E-state index contributed by atoms with van der Waals surface area (Å²) in [7, 11) is 0. The van der Waals surface area contributed by atoms with Crippen LogP contribution in [0, 0.1) is 0 Å². The van der Waals surface area contributed by atoms with Crippen molar-refractivity contribution in [2.75, 3.05) is 0 Å². The molecule has 0 unspecified atom stereocenters. The molecule has 0 saturated carbocycles. The SMILES string of the molecule is O=c1cc(-c2ccccc2)oc2cc(O)cc(O)c12.c1cscn1. The molecule has 24 heavy (non-hydrogen) atoms. The van der Waals surface area contributed by atoms with Crippen molar-refractivity contribution in [2.24, 2.45) is 0 Å². The standard InChI is InChI=1S/C15H10O4.C3H3NS/c16-10-6-11(17)15-12(18)8-13(19-14(15)7-10)9-4-2-1-3-5-9;1-2-5-3-4-1/h1-8,16-17H;1-3H. The van der Waals surface area contributed by atoms with Gasteiger partial charge in [-0.05, 0) is 0 Å². The molecular formula is C18H13NO4S. The average Bonchev–Trinajstić information content (AvgIpc) is 3.14. The largest absolute Gasteiger partial charge is 0.508 e. The molecule has 120 valence electrons. The van der Waals surface area contributed by atoms with Gasteiger partial charge in [-0.2, -0.15) is 0 Å². The topological polar surface area (TPSA) is 83.6 Å². The molecule has 0 spiro atoms. The Morgan fingerprint density at radius 3 is 2.46 bits per heavy atom. The fourth-order valence-corrected chi connectivity index (χ4v) is 2.53. The van der Waals surface area contributed by atoms with Gasteiger partial charge < -0.3 is 14.6 Å². The fourth-order valence-electron chi connectivity index (χ4n) is 2.17. The second-order valence-corrected chi connectivity index (χ2v) is 5.61. The van der Waals surface area contributed by atoms with Crippen LogP contribution in [0.5, 0.6) is 11.5 Å². The van der Waals surface area contributed by atoms with Crippen LogP contribution in [-0.4, -0.2) is 15.2 Å². The number of aromatic nitrogens is 1. The third kappa shape index (κ3) is 3.44. The number of hydrogen-bond acceptors (Lipinski definition) is 6. The quantitative estimate of drug-likeness (QED) is 0.547. The second kappa shape index (κ2) is 6.97. The normalized spacial score (nSPS) is 10.2. The van der Waals surface area contributed by atoms with Gasteiger partial charge in [0, 0.05) is 35.3 Å². The predicted octanol–water partition coefficient (Wildman–Crippen LogP) is 4.01. The van der Waals surface area contributed by atoms with Gasteiger partial charge in [0.25, 0.3) is 0 Å². The maximum absolute atomic E-state index is 12.0. The van der Waals surface area contributed by atoms with Crippen LogP contribution in [0.15, 0.2) is 74.8 Å². The van der Waals surface area contributed by atoms with Gasteiger partial charge in [-0.1, -0.05) is 30.3 Å². The summed E-state index contributed by atoms with van der Waals surface area (Å²) in [5, 5.41) is 21.1. The molecule has 0 saturated heterocycles. The molecule has 5 nitrogen and oxygen atoms in total. The predicted molar refractivity (Wildman–Crippen MR) is 93.4 cm³/mol. The zero-order chi connectivity index (χ0) is 16.9. The molecule has 4 rings (SSSR count). The number of phenols is 2. The summed E-state index contributed by atoms with van der Waals surface area (Å²) in [5.41, 5.74) is 2.35. The van der Waals surface area contributed by atoms with Crippen molar-refractivity contribution in [3.8, 4) is 22.8 Å². The Morgan fingerprint density at radius 1 is 1.04 bits per heavy atom. The smallest absolute Gasteiger partial charge is 0.197 e. The lowest BCUT2D eigenvalue weighted by Gasteiger charge is -2.04. The van der Waals surface area contributed by atoms with Crippen LogP contribution < -0.4 is 5.43 Å². The number of aromatic hydroxyl groups is 2. The minimum atomic E-state index is -0.349. The number of benzene rings is 2. The van der Waals surface area contributed by atoms with Gasteiger partial charge in [0.2, 0.25) is 0 Å². The van der Waals surface area contributed by atoms with Gasteiger partial charge in [0.1, 0.15) is 28.2 Å². The Bertz CT molecular complexity index is 978. The Kier molecular flexibility index (Phi) is 4.58. The van der Waals surface area contributed by atoms with E-state index < -0.39 is 0 Å². The van der Waals surface area contributed by atoms with Gasteiger partial charge in [-0.25, -0.2) is 0 Å². The Morgan fingerprint density at radius 2 is 1.83 bits per heavy atom. The first kappa shape index (κ1) is 15.8. The number of hydrogen-bond donors (Lipinski definition) is 2.